The summed E-state index contributed by atoms with van der Waals surface area (Å²) in [5.74, 6) is 0.688. The average molecular weight is 189 g/mol. The van der Waals surface area contributed by atoms with Crippen LogP contribution in [-0.2, 0) is 0 Å². The molecule has 0 bridgehead atoms. The SMILES string of the molecule is COc1cccc(C2=N[N]C(O)=C2)c1. The Bertz CT molecular complexity index is 410. The van der Waals surface area contributed by atoms with E-state index < -0.39 is 0 Å². The van der Waals surface area contributed by atoms with E-state index in [1.165, 1.54) is 6.08 Å². The highest BCUT2D eigenvalue weighted by Gasteiger charge is 2.10. The zero-order valence-corrected chi connectivity index (χ0v) is 7.64. The molecule has 1 radical (unpaired) electrons. The number of hydrogen-bond acceptors (Lipinski definition) is 3. The van der Waals surface area contributed by atoms with E-state index >= 15 is 0 Å². The van der Waals surface area contributed by atoms with Crippen LogP contribution in [0.25, 0.3) is 0 Å². The number of nitrogens with zero attached hydrogens (tertiary/aromatic N) is 2. The molecule has 0 unspecified atom stereocenters. The lowest BCUT2D eigenvalue weighted by atomic mass is 10.1. The zero-order chi connectivity index (χ0) is 9.97. The largest absolute Gasteiger partial charge is 0.497 e. The third-order valence-electron chi connectivity index (χ3n) is 1.89. The number of ether oxygens (including phenoxy) is 1. The Morgan fingerprint density at radius 1 is 1.36 bits per heavy atom. The number of methoxy groups -OCH3 is 1. The second-order valence-corrected chi connectivity index (χ2v) is 2.82. The monoisotopic (exact) mass is 189 g/mol. The molecule has 4 nitrogen and oxygen atoms in total. The molecule has 1 heterocycles. The molecule has 71 valence electrons. The molecule has 14 heavy (non-hydrogen) atoms. The van der Waals surface area contributed by atoms with Crippen LogP contribution in [-0.4, -0.2) is 17.9 Å². The van der Waals surface area contributed by atoms with Gasteiger partial charge < -0.3 is 9.84 Å². The summed E-state index contributed by atoms with van der Waals surface area (Å²) >= 11 is 0. The second-order valence-electron chi connectivity index (χ2n) is 2.82. The number of hydrogen-bond donors (Lipinski definition) is 1. The molecule has 0 aliphatic carbocycles. The molecular weight excluding hydrogens is 180 g/mol. The summed E-state index contributed by atoms with van der Waals surface area (Å²) in [4.78, 5) is 0. The average Bonchev–Trinajstić information content (AvgIpc) is 2.65. The molecule has 1 aromatic carbocycles. The van der Waals surface area contributed by atoms with Gasteiger partial charge >= 0.3 is 0 Å². The molecule has 2 rings (SSSR count). The third-order valence-corrected chi connectivity index (χ3v) is 1.89. The van der Waals surface area contributed by atoms with Crippen molar-refractivity contribution in [3.05, 3.63) is 41.8 Å². The maximum absolute atomic E-state index is 9.04. The number of allylic oxidation sites excluding steroid dienone is 1. The van der Waals surface area contributed by atoms with Crippen molar-refractivity contribution in [3.8, 4) is 5.75 Å². The molecule has 1 aliphatic heterocycles. The number of aliphatic hydroxyl groups excluding tert-OH is 1. The van der Waals surface area contributed by atoms with Crippen LogP contribution < -0.4 is 10.2 Å². The summed E-state index contributed by atoms with van der Waals surface area (Å²) in [5.41, 5.74) is 5.03. The van der Waals surface area contributed by atoms with Gasteiger partial charge in [-0.15, -0.1) is 10.5 Å². The molecule has 0 amide bonds. The van der Waals surface area contributed by atoms with Crippen LogP contribution in [0.5, 0.6) is 5.75 Å². The van der Waals surface area contributed by atoms with E-state index in [0.717, 1.165) is 11.3 Å². The van der Waals surface area contributed by atoms with Crippen LogP contribution in [0.3, 0.4) is 0 Å². The molecular formula is C10H9N2O2. The molecule has 4 heteroatoms. The molecule has 1 N–H and O–H groups in total. The molecule has 0 saturated carbocycles. The maximum Gasteiger partial charge on any atom is 0.233 e. The van der Waals surface area contributed by atoms with Crippen LogP contribution in [0.4, 0.5) is 0 Å². The first kappa shape index (κ1) is 8.62. The van der Waals surface area contributed by atoms with E-state index in [4.69, 9.17) is 9.84 Å². The molecule has 0 atom stereocenters. The Kier molecular flexibility index (Phi) is 2.10. The summed E-state index contributed by atoms with van der Waals surface area (Å²) < 4.78 is 5.07. The molecule has 0 spiro atoms. The van der Waals surface area contributed by atoms with E-state index in [2.05, 4.69) is 10.5 Å². The standard InChI is InChI=1S/C10H9N2O2/c1-14-8-4-2-3-7(5-8)9-6-10(13)12-11-9/h2-6,13H,1H3. The van der Waals surface area contributed by atoms with E-state index in [1.54, 1.807) is 7.11 Å². The normalized spacial score (nSPS) is 14.4. The van der Waals surface area contributed by atoms with Crippen LogP contribution in [0.15, 0.2) is 41.3 Å². The first-order valence-corrected chi connectivity index (χ1v) is 4.13. The molecule has 0 fully saturated rings. The lowest BCUT2D eigenvalue weighted by molar-refractivity contribution is 0.370. The first-order chi connectivity index (χ1) is 6.79. The van der Waals surface area contributed by atoms with Gasteiger partial charge in [-0.05, 0) is 12.1 Å². The topological polar surface area (TPSA) is 55.9 Å². The number of rotatable bonds is 2. The fraction of sp³-hybridized carbons (Fsp3) is 0.100. The van der Waals surface area contributed by atoms with Crippen molar-refractivity contribution in [2.24, 2.45) is 5.10 Å². The maximum atomic E-state index is 9.04. The highest BCUT2D eigenvalue weighted by Crippen LogP contribution is 2.15. The molecule has 0 aromatic heterocycles. The van der Waals surface area contributed by atoms with Crippen molar-refractivity contribution in [1.29, 1.82) is 0 Å². The quantitative estimate of drug-likeness (QED) is 0.764. The van der Waals surface area contributed by atoms with Crippen LogP contribution in [0.2, 0.25) is 0 Å². The van der Waals surface area contributed by atoms with Gasteiger partial charge in [-0.3, -0.25) is 0 Å². The van der Waals surface area contributed by atoms with Crippen molar-refractivity contribution in [1.82, 2.24) is 5.43 Å². The zero-order valence-electron chi connectivity index (χ0n) is 7.64. The fourth-order valence-corrected chi connectivity index (χ4v) is 1.21. The minimum absolute atomic E-state index is 0.0668. The molecule has 0 saturated heterocycles. The predicted octanol–water partition coefficient (Wildman–Crippen LogP) is 1.42. The summed E-state index contributed by atoms with van der Waals surface area (Å²) in [6.07, 6.45) is 1.51. The Morgan fingerprint density at radius 2 is 2.21 bits per heavy atom. The first-order valence-electron chi connectivity index (χ1n) is 4.13. The Hall–Kier alpha value is -1.97. The van der Waals surface area contributed by atoms with Gasteiger partial charge in [0, 0.05) is 11.6 Å². The molecule has 1 aromatic rings. The van der Waals surface area contributed by atoms with Crippen LogP contribution in [0.1, 0.15) is 5.56 Å². The predicted molar refractivity (Wildman–Crippen MR) is 52.4 cm³/mol. The lowest BCUT2D eigenvalue weighted by Gasteiger charge is -2.01. The summed E-state index contributed by atoms with van der Waals surface area (Å²) in [6, 6.07) is 7.43. The van der Waals surface area contributed by atoms with E-state index in [-0.39, 0.29) is 5.88 Å². The van der Waals surface area contributed by atoms with Gasteiger partial charge in [0.2, 0.25) is 5.88 Å². The minimum Gasteiger partial charge on any atom is -0.497 e. The van der Waals surface area contributed by atoms with Gasteiger partial charge in [-0.2, -0.15) is 0 Å². The van der Waals surface area contributed by atoms with Crippen molar-refractivity contribution in [3.63, 3.8) is 0 Å². The van der Waals surface area contributed by atoms with E-state index in [1.807, 2.05) is 24.3 Å². The van der Waals surface area contributed by atoms with Gasteiger partial charge in [-0.1, -0.05) is 12.1 Å². The van der Waals surface area contributed by atoms with Gasteiger partial charge in [0.1, 0.15) is 5.75 Å². The van der Waals surface area contributed by atoms with Crippen LogP contribution >= 0.6 is 0 Å². The number of benzene rings is 1. The Balaban J connectivity index is 2.33. The van der Waals surface area contributed by atoms with Crippen LogP contribution in [0, 0.1) is 0 Å². The van der Waals surface area contributed by atoms with Gasteiger partial charge in [0.05, 0.1) is 12.8 Å². The minimum atomic E-state index is -0.0668. The van der Waals surface area contributed by atoms with E-state index in [9.17, 15) is 0 Å². The van der Waals surface area contributed by atoms with Gasteiger partial charge in [-0.25, -0.2) is 0 Å². The van der Waals surface area contributed by atoms with Gasteiger partial charge in [0.15, 0.2) is 0 Å². The molecule has 1 aliphatic rings. The summed E-state index contributed by atoms with van der Waals surface area (Å²) in [6.45, 7) is 0. The smallest absolute Gasteiger partial charge is 0.233 e. The summed E-state index contributed by atoms with van der Waals surface area (Å²) in [5, 5.41) is 12.8. The van der Waals surface area contributed by atoms with Crippen molar-refractivity contribution in [2.45, 2.75) is 0 Å². The van der Waals surface area contributed by atoms with E-state index in [0.29, 0.717) is 5.71 Å². The Labute approximate surface area is 81.5 Å². The van der Waals surface area contributed by atoms with Crippen molar-refractivity contribution < 1.29 is 9.84 Å². The van der Waals surface area contributed by atoms with Crippen molar-refractivity contribution in [2.75, 3.05) is 7.11 Å². The number of aliphatic hydroxyl groups is 1. The van der Waals surface area contributed by atoms with Gasteiger partial charge in [0.25, 0.3) is 0 Å². The summed E-state index contributed by atoms with van der Waals surface area (Å²) in [7, 11) is 1.60. The Morgan fingerprint density at radius 3 is 2.86 bits per heavy atom. The highest BCUT2D eigenvalue weighted by molar-refractivity contribution is 6.09. The third kappa shape index (κ3) is 1.54. The fourth-order valence-electron chi connectivity index (χ4n) is 1.21. The second kappa shape index (κ2) is 3.41. The van der Waals surface area contributed by atoms with Crippen molar-refractivity contribution >= 4 is 5.71 Å². The lowest BCUT2D eigenvalue weighted by Crippen LogP contribution is -1.95. The highest BCUT2D eigenvalue weighted by atomic mass is 16.5.